The zero-order chi connectivity index (χ0) is 75.9. The Kier molecular flexibility index (Phi) is 79.0. The van der Waals surface area contributed by atoms with E-state index in [9.17, 15) is 0 Å². The second-order valence-corrected chi connectivity index (χ2v) is 34.7. The fraction of sp³-hybridized carbons (Fsp3) is 0.978. The molecule has 7 rings (SSSR count). The van der Waals surface area contributed by atoms with Gasteiger partial charge in [-0.15, -0.1) is 0 Å². The number of hydrogen-bond donors (Lipinski definition) is 0. The van der Waals surface area contributed by atoms with Crippen LogP contribution in [-0.2, 0) is 18.9 Å². The van der Waals surface area contributed by atoms with Crippen LogP contribution in [0.15, 0.2) is 0 Å². The molecular weight excluding hydrogens is 1270 g/mol. The van der Waals surface area contributed by atoms with Crippen molar-refractivity contribution in [3.63, 3.8) is 0 Å². The van der Waals surface area contributed by atoms with Crippen molar-refractivity contribution >= 4 is 0 Å². The second kappa shape index (κ2) is 75.1. The lowest BCUT2D eigenvalue weighted by Crippen LogP contribution is -2.49. The molecule has 14 nitrogen and oxygen atoms in total. The van der Waals surface area contributed by atoms with Gasteiger partial charge in [0.1, 0.15) is 6.61 Å². The number of likely N-dealkylation sites (tertiary alicyclic amines) is 4. The summed E-state index contributed by atoms with van der Waals surface area (Å²) in [6, 6.07) is 0.723. The molecule has 0 saturated carbocycles. The first kappa shape index (κ1) is 108. The number of methoxy groups -OCH3 is 4. The molecule has 103 heavy (non-hydrogen) atoms. The van der Waals surface area contributed by atoms with E-state index in [0.29, 0.717) is 12.5 Å². The number of hydrogen-bond acceptors (Lipinski definition) is 14. The van der Waals surface area contributed by atoms with Crippen LogP contribution in [0, 0.1) is 65.1 Å². The third-order valence-electron chi connectivity index (χ3n) is 19.6. The summed E-state index contributed by atoms with van der Waals surface area (Å²) < 4.78 is 19.8. The van der Waals surface area contributed by atoms with E-state index in [-0.39, 0.29) is 14.9 Å². The smallest absolute Gasteiger partial charge is 0.107 e. The number of piperidine rings is 2. The van der Waals surface area contributed by atoms with Crippen LogP contribution in [0.3, 0.4) is 0 Å². The highest BCUT2D eigenvalue weighted by Gasteiger charge is 2.21. The lowest BCUT2D eigenvalue weighted by Gasteiger charge is -2.37. The van der Waals surface area contributed by atoms with Gasteiger partial charge in [0, 0.05) is 165 Å². The van der Waals surface area contributed by atoms with Crippen LogP contribution >= 0.6 is 0 Å². The van der Waals surface area contributed by atoms with Crippen LogP contribution in [-0.4, -0.2) is 300 Å². The molecule has 0 aromatic carbocycles. The predicted octanol–water partition coefficient (Wildman–Crippen LogP) is 18.2. The van der Waals surface area contributed by atoms with Gasteiger partial charge in [-0.2, -0.15) is 0 Å². The molecule has 0 aromatic rings. The largest absolute Gasteiger partial charge is 0.385 e. The molecule has 0 radical (unpaired) electrons. The monoisotopic (exact) mass is 1470 g/mol. The molecule has 0 amide bonds. The highest BCUT2D eigenvalue weighted by molar-refractivity contribution is 5.01. The van der Waals surface area contributed by atoms with Crippen molar-refractivity contribution in [3.8, 4) is 11.8 Å². The van der Waals surface area contributed by atoms with Crippen LogP contribution in [0.4, 0.5) is 0 Å². The van der Waals surface area contributed by atoms with Gasteiger partial charge in [-0.1, -0.05) is 164 Å². The van der Waals surface area contributed by atoms with Crippen molar-refractivity contribution < 1.29 is 18.9 Å². The van der Waals surface area contributed by atoms with Gasteiger partial charge in [-0.05, 0) is 236 Å². The molecule has 622 valence electrons. The van der Waals surface area contributed by atoms with Crippen molar-refractivity contribution in [2.24, 2.45) is 53.3 Å². The molecule has 7 saturated heterocycles. The Balaban J connectivity index is -0.000000538. The van der Waals surface area contributed by atoms with Gasteiger partial charge in [0.05, 0.1) is 13.2 Å². The summed E-state index contributed by atoms with van der Waals surface area (Å²) in [6.45, 7) is 85.5. The highest BCUT2D eigenvalue weighted by Crippen LogP contribution is 2.16. The third-order valence-corrected chi connectivity index (χ3v) is 19.6. The predicted molar refractivity (Wildman–Crippen MR) is 460 cm³/mol. The topological polar surface area (TPSA) is 69.3 Å². The van der Waals surface area contributed by atoms with E-state index < -0.39 is 0 Å². The highest BCUT2D eigenvalue weighted by atomic mass is 16.5. The Morgan fingerprint density at radius 3 is 0.757 bits per heavy atom. The summed E-state index contributed by atoms with van der Waals surface area (Å²) in [5, 5.41) is 0. The van der Waals surface area contributed by atoms with E-state index >= 15 is 0 Å². The zero-order valence-corrected chi connectivity index (χ0v) is 72.9. The molecule has 0 N–H and O–H groups in total. The number of piperazine rings is 3. The molecular formula is C89H192N10O4. The molecule has 0 spiro atoms. The van der Waals surface area contributed by atoms with E-state index in [2.05, 4.69) is 199 Å². The van der Waals surface area contributed by atoms with Crippen molar-refractivity contribution in [1.82, 2.24) is 49.0 Å². The molecule has 0 bridgehead atoms. The molecule has 0 aliphatic carbocycles. The summed E-state index contributed by atoms with van der Waals surface area (Å²) >= 11 is 0. The average molecular weight is 1470 g/mol. The molecule has 0 atom stereocenters. The fourth-order valence-electron chi connectivity index (χ4n) is 13.8. The Labute approximate surface area is 649 Å². The first-order valence-electron chi connectivity index (χ1n) is 42.9. The van der Waals surface area contributed by atoms with Gasteiger partial charge in [0.2, 0.25) is 0 Å². The van der Waals surface area contributed by atoms with Crippen LogP contribution in [0.2, 0.25) is 0 Å². The maximum absolute atomic E-state index is 5.11. The summed E-state index contributed by atoms with van der Waals surface area (Å²) in [5.41, 5.74) is 0. The van der Waals surface area contributed by atoms with Crippen molar-refractivity contribution in [1.29, 1.82) is 0 Å². The molecule has 7 aliphatic rings. The minimum absolute atomic E-state index is 0. The number of nitrogens with zero attached hydrogens (tertiary/aromatic N) is 10. The Bertz CT molecular complexity index is 1710. The SMILES string of the molecule is C.C.CC(C)CCCN1CCCC1.CC(C)CCCN1CCCCC1.CC(C)CN1CCCC1.CC(C)CN1CCCCC1.CC(C)CN1CCN(C(C)C)CC1.COCC#CC(C)C.COCCCC(C)C.COCCN1CCN(CC(C)C)CC1.COCCN1CCN(CCCC(C)C)CC1. The van der Waals surface area contributed by atoms with Gasteiger partial charge in [0.15, 0.2) is 0 Å². The first-order chi connectivity index (χ1) is 48.2. The molecule has 14 heteroatoms. The standard InChI is InChI=1S/C13H28N2O.C11H24N2O.C11H24N2.C11H23N.C10H21N.C9H19N.C8H17N.C7H16O.C7H12O.2CH4/c1-13(2)5-4-6-14-7-9-15(10-8-14)11-12-16-3;1-11(2)10-13-6-4-12(5-7-13)8-9-14-3;1-10(2)9-12-5-7-13(8-6-12)11(3)4;1-11(2)7-6-10-12-8-4-3-5-9-12;1-10(2)6-5-9-11-7-3-4-8-11;1-9(2)8-10-6-4-3-5-7-10;1-8(2)7-9-5-3-4-6-9;2*1-7(2)5-4-6-8-3;;/h13H,4-12H2,1-3H3;11H,4-10H2,1-3H3;10-11H,5-9H2,1-4H3;11H,3-10H2,1-2H3;10H,3-9H2,1-2H3;9H,3-8H2,1-2H3;8H,3-7H2,1-2H3;7H,4-6H2,1-3H3;7H,6H2,1-3H3;2*1H4. The zero-order valence-electron chi connectivity index (χ0n) is 72.9. The maximum Gasteiger partial charge on any atom is 0.107 e. The van der Waals surface area contributed by atoms with Crippen molar-refractivity contribution in [3.05, 3.63) is 0 Å². The lowest BCUT2D eigenvalue weighted by atomic mass is 10.1. The third kappa shape index (κ3) is 74.9. The average Bonchev–Trinajstić information content (AvgIpc) is 1.70. The Morgan fingerprint density at radius 1 is 0.252 bits per heavy atom. The molecule has 7 aliphatic heterocycles. The molecule has 7 heterocycles. The Morgan fingerprint density at radius 2 is 0.495 bits per heavy atom. The minimum atomic E-state index is 0. The summed E-state index contributed by atoms with van der Waals surface area (Å²) in [4.78, 5) is 25.7. The van der Waals surface area contributed by atoms with Crippen molar-refractivity contribution in [2.45, 2.75) is 275 Å². The van der Waals surface area contributed by atoms with E-state index in [1.807, 2.05) is 0 Å². The minimum Gasteiger partial charge on any atom is -0.385 e. The van der Waals surface area contributed by atoms with Gasteiger partial charge < -0.3 is 53.2 Å². The van der Waals surface area contributed by atoms with E-state index in [1.54, 1.807) is 28.4 Å². The fourth-order valence-corrected chi connectivity index (χ4v) is 13.8. The lowest BCUT2D eigenvalue weighted by molar-refractivity contribution is 0.0916. The quantitative estimate of drug-likeness (QED) is 0.0474. The molecule has 0 unspecified atom stereocenters. The number of ether oxygens (including phenoxy) is 4. The van der Waals surface area contributed by atoms with Gasteiger partial charge in [0.25, 0.3) is 0 Å². The van der Waals surface area contributed by atoms with Gasteiger partial charge in [-0.3, -0.25) is 14.7 Å². The maximum atomic E-state index is 5.11. The van der Waals surface area contributed by atoms with Crippen LogP contribution in [0.5, 0.6) is 0 Å². The molecule has 7 fully saturated rings. The van der Waals surface area contributed by atoms with Crippen LogP contribution in [0.1, 0.15) is 269 Å². The summed E-state index contributed by atoms with van der Waals surface area (Å²) in [5.74, 6) is 13.0. The van der Waals surface area contributed by atoms with E-state index in [1.165, 1.54) is 292 Å². The van der Waals surface area contributed by atoms with E-state index in [4.69, 9.17) is 18.9 Å². The van der Waals surface area contributed by atoms with Crippen LogP contribution in [0.25, 0.3) is 0 Å². The van der Waals surface area contributed by atoms with E-state index in [0.717, 1.165) is 86.3 Å². The van der Waals surface area contributed by atoms with Gasteiger partial charge >= 0.3 is 0 Å². The molecule has 0 aromatic heterocycles. The first-order valence-corrected chi connectivity index (χ1v) is 42.9. The van der Waals surface area contributed by atoms with Crippen molar-refractivity contribution in [2.75, 3.05) is 245 Å². The van der Waals surface area contributed by atoms with Gasteiger partial charge in [-0.25, -0.2) is 0 Å². The summed E-state index contributed by atoms with van der Waals surface area (Å²) in [7, 11) is 6.95. The normalized spacial score (nSPS) is 18.5. The van der Waals surface area contributed by atoms with Crippen LogP contribution < -0.4 is 0 Å². The number of rotatable bonds is 32. The second-order valence-electron chi connectivity index (χ2n) is 34.7. The Hall–Kier alpha value is -1.00. The summed E-state index contributed by atoms with van der Waals surface area (Å²) in [6.07, 6.45) is 25.1.